The molecule has 4 rings (SSSR count). The van der Waals surface area contributed by atoms with Crippen molar-refractivity contribution in [3.63, 3.8) is 0 Å². The van der Waals surface area contributed by atoms with Gasteiger partial charge in [0.25, 0.3) is 5.69 Å². The molecular weight excluding hydrogens is 388 g/mol. The smallest absolute Gasteiger partial charge is 0.269 e. The molecule has 1 aromatic carbocycles. The van der Waals surface area contributed by atoms with Crippen LogP contribution in [0.15, 0.2) is 59.4 Å². The van der Waals surface area contributed by atoms with Gasteiger partial charge < -0.3 is 10.4 Å². The van der Waals surface area contributed by atoms with Crippen LogP contribution >= 0.6 is 12.6 Å². The van der Waals surface area contributed by atoms with Crippen molar-refractivity contribution in [3.05, 3.63) is 80.6 Å². The van der Waals surface area contributed by atoms with Gasteiger partial charge in [0, 0.05) is 30.2 Å². The molecule has 1 aromatic heterocycles. The molecule has 2 heterocycles. The number of rotatable bonds is 4. The Kier molecular flexibility index (Phi) is 4.81. The van der Waals surface area contributed by atoms with Crippen LogP contribution in [0.5, 0.6) is 0 Å². The second-order valence-electron chi connectivity index (χ2n) is 7.69. The van der Waals surface area contributed by atoms with Crippen molar-refractivity contribution in [3.8, 4) is 6.07 Å². The van der Waals surface area contributed by atoms with E-state index in [-0.39, 0.29) is 11.6 Å². The number of nitro groups is 1. The van der Waals surface area contributed by atoms with E-state index in [2.05, 4.69) is 24.0 Å². The summed E-state index contributed by atoms with van der Waals surface area (Å²) in [4.78, 5) is 10.6. The van der Waals surface area contributed by atoms with E-state index >= 15 is 0 Å². The largest absolute Gasteiger partial charge is 0.365 e. The first kappa shape index (κ1) is 19.4. The average molecular weight is 409 g/mol. The minimum atomic E-state index is -1.29. The maximum Gasteiger partial charge on any atom is 0.269 e. The van der Waals surface area contributed by atoms with Crippen LogP contribution < -0.4 is 9.88 Å². The van der Waals surface area contributed by atoms with Crippen LogP contribution in [0.3, 0.4) is 0 Å². The summed E-state index contributed by atoms with van der Waals surface area (Å²) in [6.07, 6.45) is 5.54. The van der Waals surface area contributed by atoms with Gasteiger partial charge in [-0.1, -0.05) is 12.1 Å². The highest BCUT2D eigenvalue weighted by molar-refractivity contribution is 7.84. The van der Waals surface area contributed by atoms with Crippen LogP contribution in [0.4, 0.5) is 5.69 Å². The fourth-order valence-electron chi connectivity index (χ4n) is 4.13. The molecule has 2 aromatic rings. The van der Waals surface area contributed by atoms with Crippen molar-refractivity contribution in [2.24, 2.45) is 5.92 Å². The number of thiol groups is 1. The lowest BCUT2D eigenvalue weighted by Crippen LogP contribution is -2.65. The maximum atomic E-state index is 11.7. The van der Waals surface area contributed by atoms with Crippen molar-refractivity contribution >= 4 is 18.3 Å². The van der Waals surface area contributed by atoms with E-state index in [0.29, 0.717) is 10.6 Å². The van der Waals surface area contributed by atoms with Crippen molar-refractivity contribution in [2.45, 2.75) is 37.5 Å². The van der Waals surface area contributed by atoms with Gasteiger partial charge >= 0.3 is 0 Å². The van der Waals surface area contributed by atoms with Gasteiger partial charge in [-0.15, -0.1) is 12.6 Å². The number of nitro benzene ring substituents is 1. The van der Waals surface area contributed by atoms with Crippen LogP contribution in [-0.4, -0.2) is 15.8 Å². The predicted molar refractivity (Wildman–Crippen MR) is 109 cm³/mol. The highest BCUT2D eigenvalue weighted by Gasteiger charge is 2.60. The molecule has 0 bridgehead atoms. The maximum absolute atomic E-state index is 11.7. The third kappa shape index (κ3) is 3.37. The molecule has 0 spiro atoms. The quantitative estimate of drug-likeness (QED) is 0.312. The highest BCUT2D eigenvalue weighted by Crippen LogP contribution is 2.52. The van der Waals surface area contributed by atoms with Crippen LogP contribution in [0.2, 0.25) is 0 Å². The number of benzene rings is 1. The monoisotopic (exact) mass is 409 g/mol. The zero-order valence-electron chi connectivity index (χ0n) is 15.8. The molecule has 7 nitrogen and oxygen atoms in total. The predicted octanol–water partition coefficient (Wildman–Crippen LogP) is 2.88. The number of hydrogen-bond donors (Lipinski definition) is 3. The Morgan fingerprint density at radius 3 is 2.41 bits per heavy atom. The fraction of sp³-hybridized carbons (Fsp3) is 0.333. The Labute approximate surface area is 173 Å². The first-order valence-corrected chi connectivity index (χ1v) is 9.85. The number of hydrogen-bond acceptors (Lipinski definition) is 6. The van der Waals surface area contributed by atoms with Gasteiger partial charge in [0.2, 0.25) is 11.8 Å². The van der Waals surface area contributed by atoms with Gasteiger partial charge in [-0.25, -0.2) is 0 Å². The summed E-state index contributed by atoms with van der Waals surface area (Å²) in [5.41, 5.74) is 0.887. The minimum absolute atomic E-state index is 0.0201. The number of aliphatic hydroxyl groups is 1. The molecule has 0 unspecified atom stereocenters. The van der Waals surface area contributed by atoms with Crippen LogP contribution in [0.1, 0.15) is 35.9 Å². The zero-order chi connectivity index (χ0) is 20.8. The summed E-state index contributed by atoms with van der Waals surface area (Å²) in [7, 11) is 0. The molecule has 1 saturated carbocycles. The molecule has 0 amide bonds. The molecule has 1 fully saturated rings. The van der Waals surface area contributed by atoms with Crippen molar-refractivity contribution in [1.29, 1.82) is 5.26 Å². The lowest BCUT2D eigenvalue weighted by Gasteiger charge is -2.42. The number of nitrogens with one attached hydrogen (secondary N) is 1. The number of aromatic nitrogens is 1. The van der Waals surface area contributed by atoms with Gasteiger partial charge in [0.15, 0.2) is 12.4 Å². The summed E-state index contributed by atoms with van der Waals surface area (Å²) in [5, 5.41) is 36.1. The molecule has 0 radical (unpaired) electrons. The highest BCUT2D eigenvalue weighted by atomic mass is 32.1. The van der Waals surface area contributed by atoms with Crippen LogP contribution in [-0.2, 0) is 0 Å². The van der Waals surface area contributed by atoms with Gasteiger partial charge in [-0.3, -0.25) is 10.1 Å². The Morgan fingerprint density at radius 1 is 1.28 bits per heavy atom. The van der Waals surface area contributed by atoms with E-state index in [1.807, 2.05) is 36.0 Å². The van der Waals surface area contributed by atoms with Crippen molar-refractivity contribution in [2.75, 3.05) is 0 Å². The third-order valence-electron chi connectivity index (χ3n) is 5.77. The number of non-ortho nitro benzene ring substituents is 1. The second kappa shape index (κ2) is 7.17. The van der Waals surface area contributed by atoms with Gasteiger partial charge in [0.1, 0.15) is 0 Å². The molecule has 1 aliphatic carbocycles. The van der Waals surface area contributed by atoms with Crippen molar-refractivity contribution < 1.29 is 14.6 Å². The number of nitriles is 1. The summed E-state index contributed by atoms with van der Waals surface area (Å²) >= 11 is 4.47. The first-order chi connectivity index (χ1) is 13.8. The van der Waals surface area contributed by atoms with E-state index in [0.717, 1.165) is 24.0 Å². The molecular formula is C21H21N4O3S+. The molecule has 3 atom stereocenters. The third-order valence-corrected chi connectivity index (χ3v) is 6.13. The SMILES string of the molecule is Cc1cc[n+]([C@H]2[C@H](c3ccc([N+](=O)[O-])cc3)C(C#N)=C(S)N[C@]2(O)C2CC2)cc1. The molecule has 2 N–H and O–H groups in total. The molecule has 0 saturated heterocycles. The Morgan fingerprint density at radius 2 is 1.90 bits per heavy atom. The van der Waals surface area contributed by atoms with E-state index in [4.69, 9.17) is 0 Å². The number of pyridine rings is 1. The van der Waals surface area contributed by atoms with Crippen LogP contribution in [0.25, 0.3) is 0 Å². The summed E-state index contributed by atoms with van der Waals surface area (Å²) in [5.74, 6) is -0.475. The van der Waals surface area contributed by atoms with E-state index in [9.17, 15) is 20.5 Å². The number of aryl methyl sites for hydroxylation is 1. The van der Waals surface area contributed by atoms with Crippen molar-refractivity contribution in [1.82, 2.24) is 5.32 Å². The number of nitrogens with zero attached hydrogens (tertiary/aromatic N) is 3. The van der Waals surface area contributed by atoms with E-state index in [1.165, 1.54) is 12.1 Å². The second-order valence-corrected chi connectivity index (χ2v) is 8.14. The summed E-state index contributed by atoms with van der Waals surface area (Å²) in [6, 6.07) is 11.8. The topological polar surface area (TPSA) is 103 Å². The molecule has 29 heavy (non-hydrogen) atoms. The lowest BCUT2D eigenvalue weighted by atomic mass is 9.76. The molecule has 8 heteroatoms. The first-order valence-electron chi connectivity index (χ1n) is 9.40. The summed E-state index contributed by atoms with van der Waals surface area (Å²) < 4.78 is 1.92. The lowest BCUT2D eigenvalue weighted by molar-refractivity contribution is -0.742. The number of allylic oxidation sites excluding steroid dienone is 1. The normalized spacial score (nSPS) is 26.6. The Bertz CT molecular complexity index is 1030. The molecule has 1 aliphatic heterocycles. The average Bonchev–Trinajstić information content (AvgIpc) is 3.54. The summed E-state index contributed by atoms with van der Waals surface area (Å²) in [6.45, 7) is 1.98. The Balaban J connectivity index is 1.90. The molecule has 2 aliphatic rings. The fourth-order valence-corrected chi connectivity index (χ4v) is 4.50. The minimum Gasteiger partial charge on any atom is -0.365 e. The van der Waals surface area contributed by atoms with Crippen LogP contribution in [0, 0.1) is 34.3 Å². The van der Waals surface area contributed by atoms with E-state index < -0.39 is 22.6 Å². The van der Waals surface area contributed by atoms with Gasteiger partial charge in [-0.05, 0) is 30.9 Å². The van der Waals surface area contributed by atoms with E-state index in [1.54, 1.807) is 12.1 Å². The zero-order valence-corrected chi connectivity index (χ0v) is 16.7. The van der Waals surface area contributed by atoms with Gasteiger partial charge in [0.05, 0.1) is 27.5 Å². The Hall–Kier alpha value is -2.89. The standard InChI is InChI=1S/C21H20N4O3S/c1-13-8-10-24(11-9-13)19-18(14-2-6-16(7-3-14)25(27)28)17(12-22)20(29)23-21(19,26)15-4-5-15/h2-3,6-11,15,18-19,23,26H,4-5H2,1H3/p+1/t18-,19+,21+/m1/s1. The molecule has 148 valence electrons. The van der Waals surface area contributed by atoms with Gasteiger partial charge in [-0.2, -0.15) is 9.83 Å².